The van der Waals surface area contributed by atoms with Gasteiger partial charge in [0.2, 0.25) is 0 Å². The number of benzene rings is 1. The van der Waals surface area contributed by atoms with Gasteiger partial charge in [0, 0.05) is 32.7 Å². The molecule has 1 aromatic carbocycles. The van der Waals surface area contributed by atoms with Crippen LogP contribution in [0.1, 0.15) is 0 Å². The van der Waals surface area contributed by atoms with Crippen LogP contribution in [0.3, 0.4) is 0 Å². The highest BCUT2D eigenvalue weighted by Crippen LogP contribution is 2.23. The van der Waals surface area contributed by atoms with Crippen molar-refractivity contribution in [1.82, 2.24) is 10.2 Å². The topological polar surface area (TPSA) is 44.7 Å². The van der Waals surface area contributed by atoms with Crippen molar-refractivity contribution in [3.05, 3.63) is 28.7 Å². The average Bonchev–Trinajstić information content (AvgIpc) is 2.39. The standard InChI is InChI=1S/C13H19BrN2O2.ClH/c14-12-3-1-2-4-13(12)18-10-11(17)9-16-7-5-15-6-8-16;/h1-4,11,15,17H,5-10H2;1H/p-1. The van der Waals surface area contributed by atoms with E-state index in [1.165, 1.54) is 0 Å². The first-order valence-corrected chi connectivity index (χ1v) is 7.03. The van der Waals surface area contributed by atoms with E-state index in [1.807, 2.05) is 24.3 Å². The Morgan fingerprint density at radius 1 is 1.32 bits per heavy atom. The molecule has 6 heteroatoms. The quantitative estimate of drug-likeness (QED) is 0.651. The highest BCUT2D eigenvalue weighted by Gasteiger charge is 2.14. The summed E-state index contributed by atoms with van der Waals surface area (Å²) in [5.74, 6) is 0.775. The Morgan fingerprint density at radius 2 is 2.00 bits per heavy atom. The summed E-state index contributed by atoms with van der Waals surface area (Å²) >= 11 is 3.42. The Hall–Kier alpha value is -0.330. The number of ether oxygens (including phenoxy) is 1. The molecule has 1 aromatic rings. The molecular weight excluding hydrogens is 332 g/mol. The van der Waals surface area contributed by atoms with Crippen LogP contribution >= 0.6 is 15.9 Å². The molecule has 1 unspecified atom stereocenters. The van der Waals surface area contributed by atoms with E-state index in [1.54, 1.807) is 0 Å². The molecule has 1 heterocycles. The van der Waals surface area contributed by atoms with Gasteiger partial charge in [-0.25, -0.2) is 0 Å². The van der Waals surface area contributed by atoms with Crippen LogP contribution in [0.15, 0.2) is 28.7 Å². The second-order valence-corrected chi connectivity index (χ2v) is 5.30. The molecule has 0 aliphatic carbocycles. The molecule has 108 valence electrons. The van der Waals surface area contributed by atoms with Gasteiger partial charge in [-0.15, -0.1) is 0 Å². The molecule has 2 N–H and O–H groups in total. The maximum absolute atomic E-state index is 9.95. The number of hydrogen-bond acceptors (Lipinski definition) is 4. The van der Waals surface area contributed by atoms with Gasteiger partial charge in [-0.05, 0) is 28.1 Å². The fourth-order valence-electron chi connectivity index (χ4n) is 1.99. The summed E-state index contributed by atoms with van der Waals surface area (Å²) in [5, 5.41) is 13.2. The molecule has 1 aliphatic rings. The Balaban J connectivity index is 0.00000180. The number of aliphatic hydroxyl groups is 1. The van der Waals surface area contributed by atoms with E-state index in [0.29, 0.717) is 13.2 Å². The molecule has 0 aromatic heterocycles. The lowest BCUT2D eigenvalue weighted by atomic mass is 10.3. The zero-order valence-corrected chi connectivity index (χ0v) is 13.0. The first-order valence-electron chi connectivity index (χ1n) is 6.24. The number of β-amino-alcohol motifs (C(OH)–C–C–N with tert-alkyl or cyclic N) is 1. The van der Waals surface area contributed by atoms with Gasteiger partial charge in [0.15, 0.2) is 0 Å². The minimum Gasteiger partial charge on any atom is -1.00 e. The summed E-state index contributed by atoms with van der Waals surface area (Å²) in [7, 11) is 0. The van der Waals surface area contributed by atoms with E-state index >= 15 is 0 Å². The summed E-state index contributed by atoms with van der Waals surface area (Å²) in [6, 6.07) is 7.68. The summed E-state index contributed by atoms with van der Waals surface area (Å²) in [6.07, 6.45) is -0.449. The van der Waals surface area contributed by atoms with Gasteiger partial charge in [-0.3, -0.25) is 4.90 Å². The molecule has 0 radical (unpaired) electrons. The van der Waals surface area contributed by atoms with Gasteiger partial charge in [-0.2, -0.15) is 0 Å². The Labute approximate surface area is 128 Å². The highest BCUT2D eigenvalue weighted by atomic mass is 79.9. The molecular formula is C13H19BrClN2O2-. The lowest BCUT2D eigenvalue weighted by Crippen LogP contribution is -3.00. The number of rotatable bonds is 5. The predicted octanol–water partition coefficient (Wildman–Crippen LogP) is -1.90. The van der Waals surface area contributed by atoms with Crippen LogP contribution in [0.25, 0.3) is 0 Å². The van der Waals surface area contributed by atoms with Crippen LogP contribution in [0.4, 0.5) is 0 Å². The Kier molecular flexibility index (Phi) is 7.71. The van der Waals surface area contributed by atoms with Gasteiger partial charge >= 0.3 is 0 Å². The third kappa shape index (κ3) is 5.67. The van der Waals surface area contributed by atoms with Gasteiger partial charge in [-0.1, -0.05) is 12.1 Å². The molecule has 4 nitrogen and oxygen atoms in total. The van der Waals surface area contributed by atoms with E-state index < -0.39 is 6.10 Å². The minimum atomic E-state index is -0.449. The number of nitrogens with zero attached hydrogens (tertiary/aromatic N) is 1. The van der Waals surface area contributed by atoms with Gasteiger partial charge < -0.3 is 27.6 Å². The predicted molar refractivity (Wildman–Crippen MR) is 75.0 cm³/mol. The van der Waals surface area contributed by atoms with Gasteiger partial charge in [0.25, 0.3) is 0 Å². The normalized spacial score (nSPS) is 17.6. The van der Waals surface area contributed by atoms with Crippen LogP contribution in [0.5, 0.6) is 5.75 Å². The number of aliphatic hydroxyl groups excluding tert-OH is 1. The first-order chi connectivity index (χ1) is 8.75. The van der Waals surface area contributed by atoms with Crippen molar-refractivity contribution in [1.29, 1.82) is 0 Å². The Bertz CT molecular complexity index is 375. The second kappa shape index (κ2) is 8.76. The second-order valence-electron chi connectivity index (χ2n) is 4.45. The molecule has 0 spiro atoms. The third-order valence-electron chi connectivity index (χ3n) is 2.95. The smallest absolute Gasteiger partial charge is 0.133 e. The molecule has 0 amide bonds. The number of hydrogen-bond donors (Lipinski definition) is 2. The van der Waals surface area contributed by atoms with Crippen LogP contribution in [-0.2, 0) is 0 Å². The molecule has 2 rings (SSSR count). The zero-order valence-electron chi connectivity index (χ0n) is 10.7. The third-order valence-corrected chi connectivity index (χ3v) is 3.60. The van der Waals surface area contributed by atoms with Crippen molar-refractivity contribution in [2.45, 2.75) is 6.10 Å². The molecule has 19 heavy (non-hydrogen) atoms. The SMILES string of the molecule is OC(COc1ccccc1Br)CN1CCNCC1.[Cl-]. The fourth-order valence-corrected chi connectivity index (χ4v) is 2.39. The maximum Gasteiger partial charge on any atom is 0.133 e. The molecule has 1 fully saturated rings. The van der Waals surface area contributed by atoms with Crippen LogP contribution in [-0.4, -0.2) is 55.4 Å². The van der Waals surface area contributed by atoms with E-state index in [-0.39, 0.29) is 12.4 Å². The number of para-hydroxylation sites is 1. The fraction of sp³-hybridized carbons (Fsp3) is 0.538. The Morgan fingerprint density at radius 3 is 2.68 bits per heavy atom. The summed E-state index contributed by atoms with van der Waals surface area (Å²) < 4.78 is 6.52. The first kappa shape index (κ1) is 16.7. The van der Waals surface area contributed by atoms with E-state index in [4.69, 9.17) is 4.74 Å². The number of halogens is 2. The van der Waals surface area contributed by atoms with Crippen molar-refractivity contribution in [3.8, 4) is 5.75 Å². The van der Waals surface area contributed by atoms with Gasteiger partial charge in [0.05, 0.1) is 4.47 Å². The average molecular weight is 351 g/mol. The minimum absolute atomic E-state index is 0. The summed E-state index contributed by atoms with van der Waals surface area (Å²) in [5.41, 5.74) is 0. The molecule has 0 saturated carbocycles. The van der Waals surface area contributed by atoms with E-state index in [0.717, 1.165) is 36.4 Å². The lowest BCUT2D eigenvalue weighted by Gasteiger charge is -2.29. The van der Waals surface area contributed by atoms with Crippen LogP contribution in [0, 0.1) is 0 Å². The molecule has 1 atom stereocenters. The van der Waals surface area contributed by atoms with Crippen LogP contribution < -0.4 is 22.5 Å². The van der Waals surface area contributed by atoms with Crippen molar-refractivity contribution >= 4 is 15.9 Å². The summed E-state index contributed by atoms with van der Waals surface area (Å²) in [6.45, 7) is 4.98. The van der Waals surface area contributed by atoms with Crippen LogP contribution in [0.2, 0.25) is 0 Å². The molecule has 1 aliphatic heterocycles. The monoisotopic (exact) mass is 349 g/mol. The summed E-state index contributed by atoms with van der Waals surface area (Å²) in [4.78, 5) is 2.25. The zero-order chi connectivity index (χ0) is 12.8. The van der Waals surface area contributed by atoms with E-state index in [2.05, 4.69) is 26.1 Å². The molecule has 0 bridgehead atoms. The largest absolute Gasteiger partial charge is 1.00 e. The van der Waals surface area contributed by atoms with Crippen molar-refractivity contribution < 1.29 is 22.3 Å². The number of piperazine rings is 1. The molecule has 1 saturated heterocycles. The van der Waals surface area contributed by atoms with Crippen molar-refractivity contribution in [2.24, 2.45) is 0 Å². The van der Waals surface area contributed by atoms with Gasteiger partial charge in [0.1, 0.15) is 18.5 Å². The highest BCUT2D eigenvalue weighted by molar-refractivity contribution is 9.10. The number of nitrogens with one attached hydrogen (secondary N) is 1. The van der Waals surface area contributed by atoms with Crippen molar-refractivity contribution in [3.63, 3.8) is 0 Å². The van der Waals surface area contributed by atoms with E-state index in [9.17, 15) is 5.11 Å². The maximum atomic E-state index is 9.95. The lowest BCUT2D eigenvalue weighted by molar-refractivity contribution is -0.00000605. The van der Waals surface area contributed by atoms with Crippen molar-refractivity contribution in [2.75, 3.05) is 39.3 Å².